The summed E-state index contributed by atoms with van der Waals surface area (Å²) in [5.74, 6) is 0.258. The van der Waals surface area contributed by atoms with E-state index in [-0.39, 0.29) is 30.2 Å². The molecule has 1 amide bonds. The van der Waals surface area contributed by atoms with Crippen LogP contribution in [-0.4, -0.2) is 43.1 Å². The van der Waals surface area contributed by atoms with Gasteiger partial charge in [0.15, 0.2) is 11.5 Å². The van der Waals surface area contributed by atoms with Crippen LogP contribution in [0.5, 0.6) is 11.5 Å². The van der Waals surface area contributed by atoms with E-state index in [0.717, 1.165) is 10.0 Å². The third kappa shape index (κ3) is 4.59. The normalized spacial score (nSPS) is 16.3. The van der Waals surface area contributed by atoms with Crippen LogP contribution >= 0.6 is 15.9 Å². The van der Waals surface area contributed by atoms with Crippen LogP contribution in [0.25, 0.3) is 0 Å². The molecule has 2 aromatic carbocycles. The molecule has 4 rings (SSSR count). The average Bonchev–Trinajstić information content (AvgIpc) is 2.77. The van der Waals surface area contributed by atoms with E-state index in [4.69, 9.17) is 14.2 Å². The van der Waals surface area contributed by atoms with E-state index in [9.17, 15) is 14.0 Å². The Balaban J connectivity index is 1.29. The molecule has 0 radical (unpaired) electrons. The van der Waals surface area contributed by atoms with Crippen LogP contribution in [0.4, 0.5) is 4.39 Å². The van der Waals surface area contributed by atoms with E-state index >= 15 is 0 Å². The lowest BCUT2D eigenvalue weighted by molar-refractivity contribution is -0.151. The van der Waals surface area contributed by atoms with Crippen molar-refractivity contribution >= 4 is 27.8 Å². The number of amides is 1. The average molecular weight is 478 g/mol. The van der Waals surface area contributed by atoms with E-state index in [0.29, 0.717) is 56.2 Å². The van der Waals surface area contributed by atoms with Gasteiger partial charge in [0.1, 0.15) is 25.6 Å². The minimum Gasteiger partial charge on any atom is -0.486 e. The lowest BCUT2D eigenvalue weighted by Gasteiger charge is -2.31. The third-order valence-electron chi connectivity index (χ3n) is 5.29. The Kier molecular flexibility index (Phi) is 6.22. The fourth-order valence-electron chi connectivity index (χ4n) is 3.58. The molecule has 1 saturated heterocycles. The quantitative estimate of drug-likeness (QED) is 0.623. The molecule has 6 nitrogen and oxygen atoms in total. The zero-order valence-corrected chi connectivity index (χ0v) is 17.8. The number of piperidine rings is 1. The molecule has 1 fully saturated rings. The van der Waals surface area contributed by atoms with Crippen molar-refractivity contribution in [2.24, 2.45) is 5.92 Å². The smallest absolute Gasteiger partial charge is 0.309 e. The Labute approximate surface area is 182 Å². The van der Waals surface area contributed by atoms with Gasteiger partial charge in [-0.3, -0.25) is 9.59 Å². The zero-order chi connectivity index (χ0) is 21.1. The van der Waals surface area contributed by atoms with Crippen LogP contribution in [0.1, 0.15) is 28.8 Å². The van der Waals surface area contributed by atoms with E-state index < -0.39 is 0 Å². The summed E-state index contributed by atoms with van der Waals surface area (Å²) < 4.78 is 30.5. The first-order valence-electron chi connectivity index (χ1n) is 9.81. The molecule has 158 valence electrons. The van der Waals surface area contributed by atoms with Crippen molar-refractivity contribution in [1.82, 2.24) is 4.90 Å². The summed E-state index contributed by atoms with van der Waals surface area (Å²) >= 11 is 3.48. The van der Waals surface area contributed by atoms with Gasteiger partial charge < -0.3 is 19.1 Å². The molecule has 0 atom stereocenters. The maximum atomic E-state index is 13.0. The van der Waals surface area contributed by atoms with Crippen molar-refractivity contribution in [1.29, 1.82) is 0 Å². The molecule has 30 heavy (non-hydrogen) atoms. The standard InChI is InChI=1S/C22H21BrFNO5/c23-18-12-20-19(28-9-10-29-20)11-16(18)13-30-22(27)15-5-7-25(8-6-15)21(26)14-1-3-17(24)4-2-14/h1-4,11-12,15H,5-10,13H2. The highest BCUT2D eigenvalue weighted by molar-refractivity contribution is 9.10. The van der Waals surface area contributed by atoms with Crippen LogP contribution < -0.4 is 9.47 Å². The monoisotopic (exact) mass is 477 g/mol. The first-order valence-corrected chi connectivity index (χ1v) is 10.6. The van der Waals surface area contributed by atoms with E-state index in [1.54, 1.807) is 4.90 Å². The number of ether oxygens (including phenoxy) is 3. The van der Waals surface area contributed by atoms with Gasteiger partial charge in [0.2, 0.25) is 0 Å². The van der Waals surface area contributed by atoms with Crippen LogP contribution in [0.2, 0.25) is 0 Å². The second-order valence-corrected chi connectivity index (χ2v) is 8.12. The molecule has 0 spiro atoms. The molecule has 2 aromatic rings. The number of fused-ring (bicyclic) bond motifs is 1. The Morgan fingerprint density at radius 3 is 2.37 bits per heavy atom. The number of hydrogen-bond acceptors (Lipinski definition) is 5. The van der Waals surface area contributed by atoms with Crippen LogP contribution in [0.3, 0.4) is 0 Å². The van der Waals surface area contributed by atoms with E-state index in [1.165, 1.54) is 24.3 Å². The molecular weight excluding hydrogens is 457 g/mol. The molecule has 0 saturated carbocycles. The van der Waals surface area contributed by atoms with Crippen molar-refractivity contribution < 1.29 is 28.2 Å². The molecule has 2 aliphatic heterocycles. The summed E-state index contributed by atoms with van der Waals surface area (Å²) in [5.41, 5.74) is 1.25. The summed E-state index contributed by atoms with van der Waals surface area (Å²) in [4.78, 5) is 26.7. The summed E-state index contributed by atoms with van der Waals surface area (Å²) in [6, 6.07) is 9.13. The van der Waals surface area contributed by atoms with E-state index in [1.807, 2.05) is 12.1 Å². The maximum Gasteiger partial charge on any atom is 0.309 e. The second-order valence-electron chi connectivity index (χ2n) is 7.27. The van der Waals surface area contributed by atoms with Gasteiger partial charge >= 0.3 is 5.97 Å². The minimum atomic E-state index is -0.377. The number of rotatable bonds is 4. The van der Waals surface area contributed by atoms with Crippen molar-refractivity contribution in [2.45, 2.75) is 19.4 Å². The lowest BCUT2D eigenvalue weighted by Crippen LogP contribution is -2.40. The molecular formula is C22H21BrFNO5. The van der Waals surface area contributed by atoms with Crippen LogP contribution in [0.15, 0.2) is 40.9 Å². The Hall–Kier alpha value is -2.61. The number of benzene rings is 2. The van der Waals surface area contributed by atoms with Crippen molar-refractivity contribution in [3.05, 3.63) is 57.8 Å². The number of esters is 1. The van der Waals surface area contributed by atoms with Gasteiger partial charge in [0.25, 0.3) is 5.91 Å². The fraction of sp³-hybridized carbons (Fsp3) is 0.364. The molecule has 0 unspecified atom stereocenters. The van der Waals surface area contributed by atoms with Crippen LogP contribution in [-0.2, 0) is 16.1 Å². The Morgan fingerprint density at radius 2 is 1.70 bits per heavy atom. The zero-order valence-electron chi connectivity index (χ0n) is 16.2. The number of likely N-dealkylation sites (tertiary alicyclic amines) is 1. The van der Waals surface area contributed by atoms with Gasteiger partial charge in [-0.1, -0.05) is 15.9 Å². The summed E-state index contributed by atoms with van der Waals surface area (Å²) in [6.07, 6.45) is 1.07. The molecule has 2 aliphatic rings. The van der Waals surface area contributed by atoms with Crippen molar-refractivity contribution in [3.8, 4) is 11.5 Å². The predicted octanol–water partition coefficient (Wildman–Crippen LogP) is 3.96. The SMILES string of the molecule is O=C(OCc1cc2c(cc1Br)OCCO2)C1CCN(C(=O)c2ccc(F)cc2)CC1. The van der Waals surface area contributed by atoms with Gasteiger partial charge in [0, 0.05) is 28.7 Å². The van der Waals surface area contributed by atoms with Gasteiger partial charge in [0.05, 0.1) is 5.92 Å². The molecule has 0 aromatic heterocycles. The number of carbonyl (C=O) groups is 2. The largest absolute Gasteiger partial charge is 0.486 e. The topological polar surface area (TPSA) is 65.1 Å². The van der Waals surface area contributed by atoms with Crippen molar-refractivity contribution in [3.63, 3.8) is 0 Å². The number of carbonyl (C=O) groups excluding carboxylic acids is 2. The predicted molar refractivity (Wildman–Crippen MR) is 110 cm³/mol. The number of hydrogen-bond donors (Lipinski definition) is 0. The highest BCUT2D eigenvalue weighted by atomic mass is 79.9. The molecule has 0 aliphatic carbocycles. The fourth-order valence-corrected chi connectivity index (χ4v) is 4.01. The summed E-state index contributed by atoms with van der Waals surface area (Å²) in [7, 11) is 0. The second kappa shape index (κ2) is 9.04. The van der Waals surface area contributed by atoms with Gasteiger partial charge in [-0.05, 0) is 49.2 Å². The third-order valence-corrected chi connectivity index (χ3v) is 6.03. The lowest BCUT2D eigenvalue weighted by atomic mass is 9.96. The highest BCUT2D eigenvalue weighted by Gasteiger charge is 2.29. The molecule has 2 heterocycles. The Bertz CT molecular complexity index is 941. The number of nitrogens with zero attached hydrogens (tertiary/aromatic N) is 1. The first-order chi connectivity index (χ1) is 14.5. The van der Waals surface area contributed by atoms with Gasteiger partial charge in [-0.15, -0.1) is 0 Å². The summed E-state index contributed by atoms with van der Waals surface area (Å²) in [5, 5.41) is 0. The van der Waals surface area contributed by atoms with Crippen molar-refractivity contribution in [2.75, 3.05) is 26.3 Å². The van der Waals surface area contributed by atoms with E-state index in [2.05, 4.69) is 15.9 Å². The minimum absolute atomic E-state index is 0.130. The van der Waals surface area contributed by atoms with Crippen LogP contribution in [0, 0.1) is 11.7 Å². The molecule has 8 heteroatoms. The molecule has 0 N–H and O–H groups in total. The highest BCUT2D eigenvalue weighted by Crippen LogP contribution is 2.36. The molecule has 0 bridgehead atoms. The van der Waals surface area contributed by atoms with Gasteiger partial charge in [-0.2, -0.15) is 0 Å². The van der Waals surface area contributed by atoms with Gasteiger partial charge in [-0.25, -0.2) is 4.39 Å². The first kappa shape index (κ1) is 20.7. The maximum absolute atomic E-state index is 13.0. The summed E-state index contributed by atoms with van der Waals surface area (Å²) in [6.45, 7) is 2.05. The number of halogens is 2. The Morgan fingerprint density at radius 1 is 1.07 bits per heavy atom.